The molecule has 0 saturated heterocycles. The zero-order chi connectivity index (χ0) is 18.1. The molecule has 0 spiro atoms. The van der Waals surface area contributed by atoms with Gasteiger partial charge in [-0.25, -0.2) is 4.98 Å². The number of aromatic nitrogens is 1. The maximum absolute atomic E-state index is 12.5. The molecule has 0 radical (unpaired) electrons. The standard InChI is InChI=1S/C15H12ClF3N4O/c1-7(20)11-12(16)10(6-22-13(11)21)14(24)23-9-4-2-8(3-5-9)15(17,18)19/h2-6,20H,1H3,(H2,21,22)(H,23,24). The van der Waals surface area contributed by atoms with E-state index >= 15 is 0 Å². The van der Waals surface area contributed by atoms with Gasteiger partial charge in [-0.05, 0) is 31.2 Å². The minimum atomic E-state index is -4.46. The molecule has 4 N–H and O–H groups in total. The van der Waals surface area contributed by atoms with Crippen LogP contribution >= 0.6 is 11.6 Å². The van der Waals surface area contributed by atoms with Gasteiger partial charge in [0.15, 0.2) is 0 Å². The Balaban J connectivity index is 2.28. The minimum Gasteiger partial charge on any atom is -0.383 e. The Labute approximate surface area is 140 Å². The van der Waals surface area contributed by atoms with Gasteiger partial charge in [-0.3, -0.25) is 4.79 Å². The smallest absolute Gasteiger partial charge is 0.383 e. The van der Waals surface area contributed by atoms with E-state index in [-0.39, 0.29) is 33.4 Å². The quantitative estimate of drug-likeness (QED) is 0.726. The van der Waals surface area contributed by atoms with Crippen LogP contribution in [-0.2, 0) is 6.18 Å². The molecular formula is C15H12ClF3N4O. The molecule has 2 aromatic rings. The molecule has 0 aliphatic carbocycles. The van der Waals surface area contributed by atoms with Gasteiger partial charge in [0, 0.05) is 17.6 Å². The number of anilines is 2. The number of nitrogens with two attached hydrogens (primary N) is 1. The Hall–Kier alpha value is -2.61. The fraction of sp³-hybridized carbons (Fsp3) is 0.133. The Morgan fingerprint density at radius 2 is 1.88 bits per heavy atom. The maximum Gasteiger partial charge on any atom is 0.416 e. The zero-order valence-corrected chi connectivity index (χ0v) is 13.1. The Morgan fingerprint density at radius 1 is 1.29 bits per heavy atom. The normalized spacial score (nSPS) is 11.2. The summed E-state index contributed by atoms with van der Waals surface area (Å²) in [6, 6.07) is 3.96. The molecule has 1 amide bonds. The first-order valence-electron chi connectivity index (χ1n) is 6.59. The van der Waals surface area contributed by atoms with Crippen LogP contribution in [0.15, 0.2) is 30.5 Å². The number of nitrogen functional groups attached to an aromatic ring is 1. The highest BCUT2D eigenvalue weighted by atomic mass is 35.5. The van der Waals surface area contributed by atoms with Crippen molar-refractivity contribution in [1.82, 2.24) is 4.98 Å². The molecule has 0 aliphatic rings. The number of amides is 1. The Bertz CT molecular complexity index is 804. The highest BCUT2D eigenvalue weighted by Gasteiger charge is 2.30. The fourth-order valence-corrected chi connectivity index (χ4v) is 2.33. The van der Waals surface area contributed by atoms with Crippen molar-refractivity contribution in [3.05, 3.63) is 52.2 Å². The van der Waals surface area contributed by atoms with Crippen LogP contribution < -0.4 is 11.1 Å². The van der Waals surface area contributed by atoms with E-state index in [4.69, 9.17) is 22.7 Å². The summed E-state index contributed by atoms with van der Waals surface area (Å²) in [7, 11) is 0. The van der Waals surface area contributed by atoms with E-state index in [2.05, 4.69) is 10.3 Å². The molecule has 0 fully saturated rings. The predicted molar refractivity (Wildman–Crippen MR) is 85.6 cm³/mol. The van der Waals surface area contributed by atoms with E-state index < -0.39 is 17.6 Å². The highest BCUT2D eigenvalue weighted by Crippen LogP contribution is 2.30. The van der Waals surface area contributed by atoms with Gasteiger partial charge >= 0.3 is 6.18 Å². The van der Waals surface area contributed by atoms with Crippen molar-refractivity contribution >= 4 is 34.7 Å². The van der Waals surface area contributed by atoms with Crippen LogP contribution in [0.25, 0.3) is 0 Å². The summed E-state index contributed by atoms with van der Waals surface area (Å²) < 4.78 is 37.5. The van der Waals surface area contributed by atoms with Gasteiger partial charge in [0.05, 0.1) is 21.7 Å². The van der Waals surface area contributed by atoms with Crippen LogP contribution in [0, 0.1) is 5.41 Å². The second kappa shape index (κ2) is 6.48. The molecule has 24 heavy (non-hydrogen) atoms. The molecule has 0 atom stereocenters. The van der Waals surface area contributed by atoms with Crippen molar-refractivity contribution in [3.8, 4) is 0 Å². The molecule has 1 aromatic heterocycles. The highest BCUT2D eigenvalue weighted by molar-refractivity contribution is 6.38. The monoisotopic (exact) mass is 356 g/mol. The van der Waals surface area contributed by atoms with Crippen molar-refractivity contribution in [2.75, 3.05) is 11.1 Å². The third-order valence-electron chi connectivity index (χ3n) is 3.13. The number of carbonyl (C=O) groups is 1. The summed E-state index contributed by atoms with van der Waals surface area (Å²) in [4.78, 5) is 16.0. The van der Waals surface area contributed by atoms with Gasteiger partial charge in [0.2, 0.25) is 0 Å². The lowest BCUT2D eigenvalue weighted by Gasteiger charge is -2.12. The van der Waals surface area contributed by atoms with Gasteiger partial charge in [-0.2, -0.15) is 13.2 Å². The van der Waals surface area contributed by atoms with E-state index in [0.29, 0.717) is 0 Å². The van der Waals surface area contributed by atoms with Crippen LogP contribution in [0.5, 0.6) is 0 Å². The molecule has 126 valence electrons. The molecule has 1 aromatic carbocycles. The molecule has 0 bridgehead atoms. The summed E-state index contributed by atoms with van der Waals surface area (Å²) in [5, 5.41) is 9.99. The van der Waals surface area contributed by atoms with Crippen molar-refractivity contribution in [1.29, 1.82) is 5.41 Å². The van der Waals surface area contributed by atoms with Crippen LogP contribution in [0.4, 0.5) is 24.7 Å². The van der Waals surface area contributed by atoms with E-state index in [0.717, 1.165) is 30.5 Å². The number of nitrogens with one attached hydrogen (secondary N) is 2. The van der Waals surface area contributed by atoms with Crippen LogP contribution in [0.3, 0.4) is 0 Å². The molecule has 0 saturated carbocycles. The number of carbonyl (C=O) groups excluding carboxylic acids is 1. The maximum atomic E-state index is 12.5. The van der Waals surface area contributed by atoms with Crippen molar-refractivity contribution in [3.63, 3.8) is 0 Å². The van der Waals surface area contributed by atoms with Gasteiger partial charge in [0.25, 0.3) is 5.91 Å². The predicted octanol–water partition coefficient (Wildman–Crippen LogP) is 3.98. The summed E-state index contributed by atoms with van der Waals surface area (Å²) >= 11 is 6.08. The number of nitrogens with zero attached hydrogens (tertiary/aromatic N) is 1. The van der Waals surface area contributed by atoms with Gasteiger partial charge in [-0.1, -0.05) is 11.6 Å². The average molecular weight is 357 g/mol. The topological polar surface area (TPSA) is 91.9 Å². The lowest BCUT2D eigenvalue weighted by Crippen LogP contribution is -2.16. The number of rotatable bonds is 3. The average Bonchev–Trinajstić information content (AvgIpc) is 2.46. The van der Waals surface area contributed by atoms with E-state index in [1.54, 1.807) is 0 Å². The van der Waals surface area contributed by atoms with Crippen molar-refractivity contribution in [2.24, 2.45) is 0 Å². The minimum absolute atomic E-state index is 0.0126. The Kier molecular flexibility index (Phi) is 4.79. The molecular weight excluding hydrogens is 345 g/mol. The molecule has 0 aliphatic heterocycles. The molecule has 9 heteroatoms. The van der Waals surface area contributed by atoms with E-state index in [9.17, 15) is 18.0 Å². The van der Waals surface area contributed by atoms with Crippen molar-refractivity contribution in [2.45, 2.75) is 13.1 Å². The first kappa shape index (κ1) is 17.7. The first-order valence-corrected chi connectivity index (χ1v) is 6.97. The number of benzene rings is 1. The number of alkyl halides is 3. The second-order valence-corrected chi connectivity index (χ2v) is 5.28. The van der Waals surface area contributed by atoms with Gasteiger partial charge in [-0.15, -0.1) is 0 Å². The van der Waals surface area contributed by atoms with E-state index in [1.165, 1.54) is 6.92 Å². The Morgan fingerprint density at radius 3 is 2.38 bits per heavy atom. The summed E-state index contributed by atoms with van der Waals surface area (Å²) in [6.45, 7) is 1.44. The van der Waals surface area contributed by atoms with Crippen LogP contribution in [0.2, 0.25) is 5.02 Å². The third kappa shape index (κ3) is 3.65. The SMILES string of the molecule is CC(=N)c1c(N)ncc(C(=O)Nc2ccc(C(F)(F)F)cc2)c1Cl. The van der Waals surface area contributed by atoms with Gasteiger partial charge in [0.1, 0.15) is 5.82 Å². The van der Waals surface area contributed by atoms with Crippen LogP contribution in [0.1, 0.15) is 28.4 Å². The summed E-state index contributed by atoms with van der Waals surface area (Å²) in [6.07, 6.45) is -3.31. The first-order chi connectivity index (χ1) is 11.1. The molecule has 5 nitrogen and oxygen atoms in total. The third-order valence-corrected chi connectivity index (χ3v) is 3.53. The molecule has 0 unspecified atom stereocenters. The summed E-state index contributed by atoms with van der Waals surface area (Å²) in [5.41, 5.74) is 5.10. The van der Waals surface area contributed by atoms with Crippen molar-refractivity contribution < 1.29 is 18.0 Å². The largest absolute Gasteiger partial charge is 0.416 e. The lowest BCUT2D eigenvalue weighted by atomic mass is 10.1. The van der Waals surface area contributed by atoms with Gasteiger partial charge < -0.3 is 16.5 Å². The molecule has 1 heterocycles. The van der Waals surface area contributed by atoms with E-state index in [1.807, 2.05) is 0 Å². The lowest BCUT2D eigenvalue weighted by molar-refractivity contribution is -0.137. The summed E-state index contributed by atoms with van der Waals surface area (Å²) in [5.74, 6) is -0.659. The molecule has 2 rings (SSSR count). The number of halogens is 4. The fourth-order valence-electron chi connectivity index (χ4n) is 1.96. The second-order valence-electron chi connectivity index (χ2n) is 4.90. The number of pyridine rings is 1. The van der Waals surface area contributed by atoms with Crippen LogP contribution in [-0.4, -0.2) is 16.6 Å². The number of hydrogen-bond donors (Lipinski definition) is 3. The zero-order valence-electron chi connectivity index (χ0n) is 12.3. The number of hydrogen-bond acceptors (Lipinski definition) is 4.